The Kier molecular flexibility index (Phi) is 7.11. The molecule has 0 radical (unpaired) electrons. The summed E-state index contributed by atoms with van der Waals surface area (Å²) in [5, 5.41) is 7.02. The monoisotopic (exact) mass is 724 g/mol. The summed E-state index contributed by atoms with van der Waals surface area (Å²) in [6, 6.07) is 48.0. The van der Waals surface area contributed by atoms with Crippen LogP contribution in [0, 0.1) is 0 Å². The summed E-state index contributed by atoms with van der Waals surface area (Å²) in [6.45, 7) is 13.9. The van der Waals surface area contributed by atoms with Crippen LogP contribution in [-0.4, -0.2) is 32.6 Å². The first kappa shape index (κ1) is 31.8. The van der Waals surface area contributed by atoms with Crippen molar-refractivity contribution >= 4 is 52.8 Å². The Hall–Kier alpha value is -5.20. The predicted octanol–water partition coefficient (Wildman–Crippen LogP) is 8.32. The Morgan fingerprint density at radius 2 is 1.22 bits per heavy atom. The van der Waals surface area contributed by atoms with Gasteiger partial charge in [0.05, 0.1) is 0 Å². The molecular weight excluding hydrogens is 681 g/mol. The molecule has 1 aliphatic rings. The average Bonchev–Trinajstić information content (AvgIpc) is 3.85. The number of pyridine rings is 1. The van der Waals surface area contributed by atoms with Crippen molar-refractivity contribution in [1.29, 1.82) is 0 Å². The second kappa shape index (κ2) is 11.4. The van der Waals surface area contributed by atoms with Crippen LogP contribution in [-0.2, 0) is 10.8 Å². The molecule has 4 heterocycles. The van der Waals surface area contributed by atoms with Gasteiger partial charge in [-0.2, -0.15) is 0 Å². The van der Waals surface area contributed by atoms with Gasteiger partial charge in [-0.05, 0) is 0 Å². The molecule has 0 amide bonds. The molecule has 5 aromatic carbocycles. The molecule has 0 N–H and O–H groups in total. The van der Waals surface area contributed by atoms with Crippen LogP contribution in [0.4, 0.5) is 0 Å². The SMILES string of the molecule is CC(C)(C)c1cc[c]2c(c1)-c1cc(C(C)(C)C)cc[c]1[Ge]2([c]1cccc(-n2c3ccccc3c3ccc(-n4cccn4)cc32)c1)[c]1ccccn1. The van der Waals surface area contributed by atoms with E-state index in [0.29, 0.717) is 0 Å². The Morgan fingerprint density at radius 3 is 1.86 bits per heavy atom. The van der Waals surface area contributed by atoms with Gasteiger partial charge in [-0.15, -0.1) is 0 Å². The average molecular weight is 723 g/mol. The van der Waals surface area contributed by atoms with Crippen LogP contribution in [0.3, 0.4) is 0 Å². The first-order valence-electron chi connectivity index (χ1n) is 17.9. The van der Waals surface area contributed by atoms with Gasteiger partial charge >= 0.3 is 304 Å². The third-order valence-electron chi connectivity index (χ3n) is 10.9. The summed E-state index contributed by atoms with van der Waals surface area (Å²) >= 11 is -3.65. The normalized spacial score (nSPS) is 13.8. The molecule has 0 saturated heterocycles. The molecule has 3 aromatic heterocycles. The fourth-order valence-electron chi connectivity index (χ4n) is 8.27. The summed E-state index contributed by atoms with van der Waals surface area (Å²) in [6.07, 6.45) is 5.82. The van der Waals surface area contributed by atoms with Crippen molar-refractivity contribution in [2.24, 2.45) is 0 Å². The topological polar surface area (TPSA) is 35.6 Å². The molecule has 0 aliphatic carbocycles. The quantitative estimate of drug-likeness (QED) is 0.171. The predicted molar refractivity (Wildman–Crippen MR) is 216 cm³/mol. The number of benzene rings is 5. The van der Waals surface area contributed by atoms with Gasteiger partial charge in [0.25, 0.3) is 0 Å². The number of rotatable bonds is 4. The van der Waals surface area contributed by atoms with Gasteiger partial charge in [0.1, 0.15) is 0 Å². The van der Waals surface area contributed by atoms with E-state index in [4.69, 9.17) is 4.98 Å². The number of nitrogens with zero attached hydrogens (tertiary/aromatic N) is 4. The standard InChI is InChI=1S/C46H42GeN4/c1-45(2,3)31-18-22-40-38(27-31)39-28-32(46(4,5)6)19-23-41(39)47(40,44-17-9-10-24-48-44)33-13-11-14-35(29-33)51-42-16-8-7-15-36(42)37-21-20-34(30-43(37)51)50-26-12-25-49-50/h7-30H,1-6H3. The Bertz CT molecular complexity index is 2540. The van der Waals surface area contributed by atoms with E-state index < -0.39 is 13.3 Å². The van der Waals surface area contributed by atoms with Crippen molar-refractivity contribution in [3.8, 4) is 22.5 Å². The third-order valence-corrected chi connectivity index (χ3v) is 20.8. The molecule has 0 spiro atoms. The molecule has 8 aromatic rings. The van der Waals surface area contributed by atoms with E-state index >= 15 is 0 Å². The van der Waals surface area contributed by atoms with Crippen LogP contribution in [0.25, 0.3) is 44.3 Å². The van der Waals surface area contributed by atoms with Gasteiger partial charge in [-0.25, -0.2) is 0 Å². The van der Waals surface area contributed by atoms with E-state index in [2.05, 4.69) is 166 Å². The first-order chi connectivity index (χ1) is 24.5. The molecule has 0 unspecified atom stereocenters. The van der Waals surface area contributed by atoms with E-state index in [9.17, 15) is 0 Å². The molecule has 5 heteroatoms. The van der Waals surface area contributed by atoms with Gasteiger partial charge in [0, 0.05) is 0 Å². The molecular formula is C46H42GeN4. The van der Waals surface area contributed by atoms with E-state index in [1.807, 2.05) is 35.4 Å². The molecule has 4 nitrogen and oxygen atoms in total. The summed E-state index contributed by atoms with van der Waals surface area (Å²) in [5.41, 5.74) is 10.1. The van der Waals surface area contributed by atoms with Crippen molar-refractivity contribution < 1.29 is 0 Å². The molecule has 250 valence electrons. The van der Waals surface area contributed by atoms with Gasteiger partial charge in [-0.3, -0.25) is 0 Å². The van der Waals surface area contributed by atoms with Crippen LogP contribution in [0.5, 0.6) is 0 Å². The van der Waals surface area contributed by atoms with Gasteiger partial charge < -0.3 is 0 Å². The summed E-state index contributed by atoms with van der Waals surface area (Å²) < 4.78 is 9.90. The van der Waals surface area contributed by atoms with Crippen molar-refractivity contribution in [2.75, 3.05) is 0 Å². The van der Waals surface area contributed by atoms with Crippen LogP contribution >= 0.6 is 0 Å². The molecule has 0 bridgehead atoms. The molecule has 0 atom stereocenters. The third kappa shape index (κ3) is 4.87. The van der Waals surface area contributed by atoms with Gasteiger partial charge in [-0.1, -0.05) is 0 Å². The van der Waals surface area contributed by atoms with E-state index in [1.54, 1.807) is 0 Å². The molecule has 51 heavy (non-hydrogen) atoms. The number of hydrogen-bond acceptors (Lipinski definition) is 2. The number of aromatic nitrogens is 4. The maximum atomic E-state index is 5.25. The van der Waals surface area contributed by atoms with E-state index in [-0.39, 0.29) is 10.8 Å². The van der Waals surface area contributed by atoms with Crippen LogP contribution < -0.4 is 17.7 Å². The van der Waals surface area contributed by atoms with Crippen molar-refractivity contribution in [3.63, 3.8) is 0 Å². The molecule has 0 saturated carbocycles. The molecule has 1 aliphatic heterocycles. The summed E-state index contributed by atoms with van der Waals surface area (Å²) in [5.74, 6) is 0. The number of hydrogen-bond donors (Lipinski definition) is 0. The minimum atomic E-state index is -3.65. The van der Waals surface area contributed by atoms with Crippen LogP contribution in [0.1, 0.15) is 52.7 Å². The van der Waals surface area contributed by atoms with Crippen LogP contribution in [0.15, 0.2) is 146 Å². The fraction of sp³-hybridized carbons (Fsp3) is 0.174. The van der Waals surface area contributed by atoms with Crippen LogP contribution in [0.2, 0.25) is 0 Å². The second-order valence-electron chi connectivity index (χ2n) is 16.0. The zero-order valence-electron chi connectivity index (χ0n) is 30.1. The summed E-state index contributed by atoms with van der Waals surface area (Å²) in [4.78, 5) is 5.25. The van der Waals surface area contributed by atoms with Gasteiger partial charge in [0.2, 0.25) is 0 Å². The van der Waals surface area contributed by atoms with Crippen molar-refractivity contribution in [3.05, 3.63) is 157 Å². The second-order valence-corrected chi connectivity index (χ2v) is 23.7. The van der Waals surface area contributed by atoms with E-state index in [0.717, 1.165) is 16.9 Å². The van der Waals surface area contributed by atoms with Crippen molar-refractivity contribution in [2.45, 2.75) is 52.4 Å². The number of para-hydroxylation sites is 1. The zero-order valence-corrected chi connectivity index (χ0v) is 32.2. The zero-order chi connectivity index (χ0) is 35.1. The minimum absolute atomic E-state index is 0.0333. The molecule has 9 rings (SSSR count). The number of fused-ring (bicyclic) bond motifs is 6. The van der Waals surface area contributed by atoms with Crippen molar-refractivity contribution in [1.82, 2.24) is 19.3 Å². The summed E-state index contributed by atoms with van der Waals surface area (Å²) in [7, 11) is 0. The maximum absolute atomic E-state index is 5.25. The molecule has 0 fully saturated rings. The van der Waals surface area contributed by atoms with Gasteiger partial charge in [0.15, 0.2) is 0 Å². The Morgan fingerprint density at radius 1 is 0.529 bits per heavy atom. The fourth-order valence-corrected chi connectivity index (χ4v) is 18.7. The van der Waals surface area contributed by atoms with E-state index in [1.165, 1.54) is 56.3 Å². The Balaban J connectivity index is 1.36. The Labute approximate surface area is 302 Å². The first-order valence-corrected chi connectivity index (χ1v) is 22.1.